The number of amides is 1. The predicted octanol–water partition coefficient (Wildman–Crippen LogP) is 1.13. The summed E-state index contributed by atoms with van der Waals surface area (Å²) in [7, 11) is 0. The Morgan fingerprint density at radius 1 is 1.19 bits per heavy atom. The van der Waals surface area contributed by atoms with Gasteiger partial charge in [0.05, 0.1) is 5.92 Å². The van der Waals surface area contributed by atoms with Crippen LogP contribution in [0.3, 0.4) is 0 Å². The van der Waals surface area contributed by atoms with Crippen molar-refractivity contribution in [3.63, 3.8) is 0 Å². The molecule has 1 fully saturated rings. The average molecular weight is 290 g/mol. The number of hydrogen-bond acceptors (Lipinski definition) is 5. The molecule has 0 aliphatic carbocycles. The van der Waals surface area contributed by atoms with E-state index in [-0.39, 0.29) is 11.7 Å². The summed E-state index contributed by atoms with van der Waals surface area (Å²) in [5, 5.41) is 0. The van der Waals surface area contributed by atoms with Crippen LogP contribution in [0.5, 0.6) is 0 Å². The molecule has 0 unspecified atom stereocenters. The van der Waals surface area contributed by atoms with Crippen molar-refractivity contribution in [1.82, 2.24) is 14.9 Å². The van der Waals surface area contributed by atoms with Gasteiger partial charge in [-0.05, 0) is 19.4 Å². The Morgan fingerprint density at radius 2 is 1.81 bits per heavy atom. The Hall–Kier alpha value is -1.98. The zero-order chi connectivity index (χ0) is 15.2. The van der Waals surface area contributed by atoms with Crippen LogP contribution in [-0.4, -0.2) is 52.7 Å². The van der Waals surface area contributed by atoms with Gasteiger partial charge in [0, 0.05) is 38.6 Å². The van der Waals surface area contributed by atoms with Crippen LogP contribution in [0, 0.1) is 5.92 Å². The molecule has 1 saturated heterocycles. The van der Waals surface area contributed by atoms with Crippen molar-refractivity contribution in [3.8, 4) is 0 Å². The average Bonchev–Trinajstić information content (AvgIpc) is 2.53. The Morgan fingerprint density at radius 3 is 2.33 bits per heavy atom. The van der Waals surface area contributed by atoms with Crippen LogP contribution < -0.4 is 4.90 Å². The van der Waals surface area contributed by atoms with E-state index in [2.05, 4.69) is 14.9 Å². The first kappa shape index (κ1) is 15.4. The van der Waals surface area contributed by atoms with E-state index in [1.54, 1.807) is 23.4 Å². The Kier molecular flexibility index (Phi) is 5.25. The monoisotopic (exact) mass is 290 g/mol. The van der Waals surface area contributed by atoms with Gasteiger partial charge < -0.3 is 9.80 Å². The standard InChI is InChI=1S/C15H22N4O2/c1-3-5-13(12(2)20)14(21)18-8-10-19(11-9-18)15-16-6-4-7-17-15/h4,6-7,13H,3,5,8-11H2,1-2H3/t13-/m1/s1. The van der Waals surface area contributed by atoms with Crippen LogP contribution in [-0.2, 0) is 9.59 Å². The molecule has 1 amide bonds. The lowest BCUT2D eigenvalue weighted by Crippen LogP contribution is -2.51. The van der Waals surface area contributed by atoms with E-state index in [1.807, 2.05) is 6.92 Å². The molecule has 6 heteroatoms. The molecule has 0 radical (unpaired) electrons. The molecule has 2 heterocycles. The predicted molar refractivity (Wildman–Crippen MR) is 79.9 cm³/mol. The van der Waals surface area contributed by atoms with Crippen molar-refractivity contribution >= 4 is 17.6 Å². The van der Waals surface area contributed by atoms with Crippen LogP contribution in [0.2, 0.25) is 0 Å². The largest absolute Gasteiger partial charge is 0.339 e. The van der Waals surface area contributed by atoms with E-state index in [4.69, 9.17) is 0 Å². The minimum absolute atomic E-state index is 0.0296. The quantitative estimate of drug-likeness (QED) is 0.761. The summed E-state index contributed by atoms with van der Waals surface area (Å²) < 4.78 is 0. The van der Waals surface area contributed by atoms with E-state index < -0.39 is 5.92 Å². The van der Waals surface area contributed by atoms with Gasteiger partial charge in [-0.1, -0.05) is 13.3 Å². The van der Waals surface area contributed by atoms with E-state index in [0.717, 1.165) is 6.42 Å². The Labute approximate surface area is 125 Å². The molecule has 1 aliphatic heterocycles. The molecule has 0 saturated carbocycles. The van der Waals surface area contributed by atoms with Gasteiger partial charge in [0.25, 0.3) is 0 Å². The Bertz CT molecular complexity index is 484. The molecule has 1 aromatic rings. The molecule has 114 valence electrons. The maximum absolute atomic E-state index is 12.4. The molecule has 21 heavy (non-hydrogen) atoms. The van der Waals surface area contributed by atoms with Crippen molar-refractivity contribution < 1.29 is 9.59 Å². The van der Waals surface area contributed by atoms with Gasteiger partial charge in [-0.3, -0.25) is 9.59 Å². The van der Waals surface area contributed by atoms with E-state index in [1.165, 1.54) is 6.92 Å². The summed E-state index contributed by atoms with van der Waals surface area (Å²) in [6.45, 7) is 6.13. The summed E-state index contributed by atoms with van der Waals surface area (Å²) in [6.07, 6.45) is 4.91. The third-order valence-electron chi connectivity index (χ3n) is 3.79. The topological polar surface area (TPSA) is 66.4 Å². The van der Waals surface area contributed by atoms with Gasteiger partial charge in [-0.2, -0.15) is 0 Å². The third-order valence-corrected chi connectivity index (χ3v) is 3.79. The lowest BCUT2D eigenvalue weighted by Gasteiger charge is -2.36. The molecule has 0 spiro atoms. The Balaban J connectivity index is 1.94. The van der Waals surface area contributed by atoms with Gasteiger partial charge in [-0.15, -0.1) is 0 Å². The number of carbonyl (C=O) groups is 2. The number of aromatic nitrogens is 2. The molecule has 0 N–H and O–H groups in total. The summed E-state index contributed by atoms with van der Waals surface area (Å²) in [5.74, 6) is 0.157. The molecular formula is C15H22N4O2. The van der Waals surface area contributed by atoms with Crippen molar-refractivity contribution in [2.75, 3.05) is 31.1 Å². The molecule has 1 aromatic heterocycles. The van der Waals surface area contributed by atoms with Gasteiger partial charge in [0.2, 0.25) is 11.9 Å². The maximum atomic E-state index is 12.4. The summed E-state index contributed by atoms with van der Waals surface area (Å²) in [5.41, 5.74) is 0. The number of nitrogens with zero attached hydrogens (tertiary/aromatic N) is 4. The van der Waals surface area contributed by atoms with Crippen LogP contribution in [0.4, 0.5) is 5.95 Å². The van der Waals surface area contributed by atoms with Gasteiger partial charge in [0.1, 0.15) is 5.78 Å². The van der Waals surface area contributed by atoms with Crippen LogP contribution in [0.15, 0.2) is 18.5 Å². The minimum Gasteiger partial charge on any atom is -0.339 e. The molecule has 2 rings (SSSR count). The van der Waals surface area contributed by atoms with Crippen molar-refractivity contribution in [1.29, 1.82) is 0 Å². The van der Waals surface area contributed by atoms with Crippen LogP contribution in [0.25, 0.3) is 0 Å². The van der Waals surface area contributed by atoms with Crippen molar-refractivity contribution in [2.45, 2.75) is 26.7 Å². The zero-order valence-corrected chi connectivity index (χ0v) is 12.7. The second-order valence-electron chi connectivity index (χ2n) is 5.31. The van der Waals surface area contributed by atoms with Crippen LogP contribution >= 0.6 is 0 Å². The highest BCUT2D eigenvalue weighted by Crippen LogP contribution is 2.15. The second kappa shape index (κ2) is 7.15. The highest BCUT2D eigenvalue weighted by Gasteiger charge is 2.30. The molecule has 1 atom stereocenters. The lowest BCUT2D eigenvalue weighted by atomic mass is 9.97. The fourth-order valence-corrected chi connectivity index (χ4v) is 2.59. The molecule has 6 nitrogen and oxygen atoms in total. The molecule has 1 aliphatic rings. The SMILES string of the molecule is CCC[C@H](C(C)=O)C(=O)N1CCN(c2ncccn2)CC1. The normalized spacial score (nSPS) is 16.7. The van der Waals surface area contributed by atoms with Crippen LogP contribution in [0.1, 0.15) is 26.7 Å². The molecule has 0 bridgehead atoms. The summed E-state index contributed by atoms with van der Waals surface area (Å²) in [6, 6.07) is 1.78. The fourth-order valence-electron chi connectivity index (χ4n) is 2.59. The van der Waals surface area contributed by atoms with E-state index in [9.17, 15) is 9.59 Å². The third kappa shape index (κ3) is 3.77. The summed E-state index contributed by atoms with van der Waals surface area (Å²) >= 11 is 0. The van der Waals surface area contributed by atoms with E-state index >= 15 is 0 Å². The molecular weight excluding hydrogens is 268 g/mol. The number of hydrogen-bond donors (Lipinski definition) is 0. The minimum atomic E-state index is -0.477. The van der Waals surface area contributed by atoms with Gasteiger partial charge >= 0.3 is 0 Å². The van der Waals surface area contributed by atoms with Crippen molar-refractivity contribution in [3.05, 3.63) is 18.5 Å². The smallest absolute Gasteiger partial charge is 0.233 e. The highest BCUT2D eigenvalue weighted by molar-refractivity contribution is 6.00. The van der Waals surface area contributed by atoms with E-state index in [0.29, 0.717) is 38.5 Å². The first-order valence-corrected chi connectivity index (χ1v) is 7.44. The number of Topliss-reactive ketones (excluding diaryl/α,β-unsaturated/α-hetero) is 1. The fraction of sp³-hybridized carbons (Fsp3) is 0.600. The number of rotatable bonds is 5. The number of ketones is 1. The van der Waals surface area contributed by atoms with Crippen molar-refractivity contribution in [2.24, 2.45) is 5.92 Å². The first-order chi connectivity index (χ1) is 10.1. The number of piperazine rings is 1. The number of anilines is 1. The summed E-state index contributed by atoms with van der Waals surface area (Å²) in [4.78, 5) is 36.4. The highest BCUT2D eigenvalue weighted by atomic mass is 16.2. The second-order valence-corrected chi connectivity index (χ2v) is 5.31. The molecule has 0 aromatic carbocycles. The first-order valence-electron chi connectivity index (χ1n) is 7.44. The van der Waals surface area contributed by atoms with Gasteiger partial charge in [0.15, 0.2) is 0 Å². The zero-order valence-electron chi connectivity index (χ0n) is 12.7. The van der Waals surface area contributed by atoms with Gasteiger partial charge in [-0.25, -0.2) is 9.97 Å². The lowest BCUT2D eigenvalue weighted by molar-refractivity contribution is -0.141. The number of carbonyl (C=O) groups excluding carboxylic acids is 2. The maximum Gasteiger partial charge on any atom is 0.233 e.